The maximum atomic E-state index is 11.8. The minimum atomic E-state index is -0.346. The van der Waals surface area contributed by atoms with Crippen LogP contribution in [0.3, 0.4) is 0 Å². The first-order chi connectivity index (χ1) is 11.7. The Morgan fingerprint density at radius 2 is 2.17 bits per heavy atom. The molecule has 3 rings (SSSR count). The van der Waals surface area contributed by atoms with E-state index in [2.05, 4.69) is 10.5 Å². The third kappa shape index (κ3) is 4.80. The monoisotopic (exact) mass is 350 g/mol. The number of ether oxygens (including phenoxy) is 1. The predicted molar refractivity (Wildman–Crippen MR) is 88.1 cm³/mol. The fraction of sp³-hybridized carbons (Fsp3) is 0.412. The first-order valence-electron chi connectivity index (χ1n) is 7.97. The third-order valence-corrected chi connectivity index (χ3v) is 3.94. The summed E-state index contributed by atoms with van der Waals surface area (Å²) in [7, 11) is 0. The molecule has 1 amide bonds. The van der Waals surface area contributed by atoms with Gasteiger partial charge in [0, 0.05) is 36.5 Å². The molecule has 1 unspecified atom stereocenters. The highest BCUT2D eigenvalue weighted by atomic mass is 35.5. The van der Waals surface area contributed by atoms with E-state index in [1.54, 1.807) is 18.3 Å². The van der Waals surface area contributed by atoms with Gasteiger partial charge in [0.2, 0.25) is 5.91 Å². The summed E-state index contributed by atoms with van der Waals surface area (Å²) in [6.07, 6.45) is 4.80. The molecule has 0 saturated carbocycles. The van der Waals surface area contributed by atoms with Crippen LogP contribution in [0.5, 0.6) is 0 Å². The topological polar surface area (TPSA) is 73.6 Å². The molecule has 128 valence electrons. The molecule has 1 N–H and O–H groups in total. The summed E-state index contributed by atoms with van der Waals surface area (Å²) in [6.45, 7) is 0.671. The van der Waals surface area contributed by atoms with Crippen molar-refractivity contribution in [2.75, 3.05) is 6.61 Å². The van der Waals surface area contributed by atoms with E-state index in [0.717, 1.165) is 24.8 Å². The summed E-state index contributed by atoms with van der Waals surface area (Å²) in [5.74, 6) is 0.924. The minimum Gasteiger partial charge on any atom is -0.441 e. The van der Waals surface area contributed by atoms with Gasteiger partial charge in [-0.2, -0.15) is 0 Å². The van der Waals surface area contributed by atoms with E-state index in [9.17, 15) is 4.79 Å². The Kier molecular flexibility index (Phi) is 5.85. The number of carbonyl (C=O) groups is 1. The number of nitrogens with zero attached hydrogens (tertiary/aromatic N) is 1. The molecule has 1 aromatic heterocycles. The Balaban J connectivity index is 1.44. The molecular weight excluding hydrogens is 332 g/mol. The second-order valence-electron chi connectivity index (χ2n) is 5.56. The smallest absolute Gasteiger partial charge is 0.244 e. The number of benzene rings is 1. The zero-order valence-corrected chi connectivity index (χ0v) is 13.9. The van der Waals surface area contributed by atoms with Gasteiger partial charge in [-0.15, -0.1) is 0 Å². The Hall–Kier alpha value is -1.89. The summed E-state index contributed by atoms with van der Waals surface area (Å²) >= 11 is 5.86. The molecule has 1 fully saturated rings. The van der Waals surface area contributed by atoms with E-state index in [4.69, 9.17) is 25.6 Å². The number of hydrogen-bond donors (Lipinski definition) is 1. The first-order valence-corrected chi connectivity index (χ1v) is 8.35. The highest BCUT2D eigenvalue weighted by Crippen LogP contribution is 2.22. The number of rotatable bonds is 6. The van der Waals surface area contributed by atoms with Crippen LogP contribution in [-0.4, -0.2) is 23.8 Å². The second-order valence-corrected chi connectivity index (χ2v) is 6.00. The van der Waals surface area contributed by atoms with E-state index in [-0.39, 0.29) is 18.6 Å². The molecule has 1 aromatic carbocycles. The number of aromatic nitrogens is 1. The van der Waals surface area contributed by atoms with Gasteiger partial charge in [-0.25, -0.2) is 15.3 Å². The highest BCUT2D eigenvalue weighted by molar-refractivity contribution is 6.30. The van der Waals surface area contributed by atoms with Crippen molar-refractivity contribution >= 4 is 17.5 Å². The van der Waals surface area contributed by atoms with E-state index >= 15 is 0 Å². The van der Waals surface area contributed by atoms with Crippen LogP contribution in [0.1, 0.15) is 31.6 Å². The summed E-state index contributed by atoms with van der Waals surface area (Å²) in [6, 6.07) is 7.29. The number of oxazole rings is 1. The van der Waals surface area contributed by atoms with Crippen molar-refractivity contribution in [2.24, 2.45) is 0 Å². The van der Waals surface area contributed by atoms with Gasteiger partial charge in [0.05, 0.1) is 6.20 Å². The summed E-state index contributed by atoms with van der Waals surface area (Å²) in [5, 5.41) is 0.664. The van der Waals surface area contributed by atoms with E-state index < -0.39 is 0 Å². The molecule has 24 heavy (non-hydrogen) atoms. The van der Waals surface area contributed by atoms with Gasteiger partial charge in [-0.3, -0.25) is 4.79 Å². The van der Waals surface area contributed by atoms with Crippen LogP contribution in [0.15, 0.2) is 34.9 Å². The zero-order chi connectivity index (χ0) is 16.8. The number of amides is 1. The number of halogens is 1. The van der Waals surface area contributed by atoms with Gasteiger partial charge in [-0.05, 0) is 37.1 Å². The van der Waals surface area contributed by atoms with Crippen LogP contribution in [-0.2, 0) is 20.8 Å². The van der Waals surface area contributed by atoms with Crippen molar-refractivity contribution in [2.45, 2.75) is 38.4 Å². The lowest BCUT2D eigenvalue weighted by molar-refractivity contribution is -0.200. The fourth-order valence-electron chi connectivity index (χ4n) is 2.38. The molecule has 1 aliphatic rings. The standard InChI is InChI=1S/C17H19ClN2O4/c18-13-6-4-12(5-7-13)14-11-19-16(23-14)9-8-15(21)20-24-17-3-1-2-10-22-17/h4-7,11,17H,1-3,8-10H2,(H,20,21). The number of hydrogen-bond acceptors (Lipinski definition) is 5. The van der Waals surface area contributed by atoms with Crippen LogP contribution in [0.4, 0.5) is 0 Å². The fourth-order valence-corrected chi connectivity index (χ4v) is 2.51. The molecule has 0 bridgehead atoms. The van der Waals surface area contributed by atoms with Crippen molar-refractivity contribution in [3.8, 4) is 11.3 Å². The van der Waals surface area contributed by atoms with Gasteiger partial charge in [0.1, 0.15) is 0 Å². The quantitative estimate of drug-likeness (QED) is 0.807. The van der Waals surface area contributed by atoms with Crippen LogP contribution in [0, 0.1) is 0 Å². The lowest BCUT2D eigenvalue weighted by atomic mass is 10.2. The molecule has 1 saturated heterocycles. The van der Waals surface area contributed by atoms with E-state index in [1.165, 1.54) is 0 Å². The molecule has 6 nitrogen and oxygen atoms in total. The lowest BCUT2D eigenvalue weighted by Gasteiger charge is -2.21. The predicted octanol–water partition coefficient (Wildman–Crippen LogP) is 3.50. The van der Waals surface area contributed by atoms with Crippen LogP contribution in [0.2, 0.25) is 5.02 Å². The largest absolute Gasteiger partial charge is 0.441 e. The average Bonchev–Trinajstić information content (AvgIpc) is 3.09. The molecule has 0 radical (unpaired) electrons. The zero-order valence-electron chi connectivity index (χ0n) is 13.2. The van der Waals surface area contributed by atoms with Crippen molar-refractivity contribution in [3.05, 3.63) is 41.4 Å². The summed E-state index contributed by atoms with van der Waals surface area (Å²) in [4.78, 5) is 21.2. The summed E-state index contributed by atoms with van der Waals surface area (Å²) < 4.78 is 11.0. The Morgan fingerprint density at radius 1 is 1.33 bits per heavy atom. The highest BCUT2D eigenvalue weighted by Gasteiger charge is 2.16. The SMILES string of the molecule is O=C(CCc1ncc(-c2ccc(Cl)cc2)o1)NOC1CCCCO1. The van der Waals surface area contributed by atoms with Crippen LogP contribution >= 0.6 is 11.6 Å². The molecule has 1 atom stereocenters. The summed E-state index contributed by atoms with van der Waals surface area (Å²) in [5.41, 5.74) is 3.31. The van der Waals surface area contributed by atoms with Crippen LogP contribution < -0.4 is 5.48 Å². The molecule has 0 aliphatic carbocycles. The number of carbonyl (C=O) groups excluding carboxylic acids is 1. The molecule has 1 aliphatic heterocycles. The molecule has 7 heteroatoms. The van der Waals surface area contributed by atoms with E-state index in [0.29, 0.717) is 29.7 Å². The van der Waals surface area contributed by atoms with Crippen LogP contribution in [0.25, 0.3) is 11.3 Å². The van der Waals surface area contributed by atoms with Gasteiger partial charge in [0.15, 0.2) is 17.9 Å². The first kappa shape index (κ1) is 17.0. The number of nitrogens with one attached hydrogen (secondary N) is 1. The second kappa shape index (κ2) is 8.28. The normalized spacial score (nSPS) is 17.6. The lowest BCUT2D eigenvalue weighted by Crippen LogP contribution is -2.33. The Bertz CT molecular complexity index is 665. The maximum Gasteiger partial charge on any atom is 0.244 e. The van der Waals surface area contributed by atoms with Gasteiger partial charge < -0.3 is 9.15 Å². The average molecular weight is 351 g/mol. The third-order valence-electron chi connectivity index (χ3n) is 3.69. The van der Waals surface area contributed by atoms with E-state index in [1.807, 2.05) is 12.1 Å². The molecular formula is C17H19ClN2O4. The molecule has 2 heterocycles. The van der Waals surface area contributed by atoms with Crippen molar-refractivity contribution in [3.63, 3.8) is 0 Å². The number of hydroxylamine groups is 1. The van der Waals surface area contributed by atoms with Crippen molar-refractivity contribution in [1.82, 2.24) is 10.5 Å². The minimum absolute atomic E-state index is 0.226. The Labute approximate surface area is 145 Å². The maximum absolute atomic E-state index is 11.8. The Morgan fingerprint density at radius 3 is 2.92 bits per heavy atom. The van der Waals surface area contributed by atoms with Crippen molar-refractivity contribution < 1.29 is 18.8 Å². The van der Waals surface area contributed by atoms with Crippen molar-refractivity contribution in [1.29, 1.82) is 0 Å². The molecule has 2 aromatic rings. The number of aryl methyl sites for hydroxylation is 1. The van der Waals surface area contributed by atoms with Gasteiger partial charge in [0.25, 0.3) is 0 Å². The van der Waals surface area contributed by atoms with Gasteiger partial charge in [-0.1, -0.05) is 11.6 Å². The van der Waals surface area contributed by atoms with Gasteiger partial charge >= 0.3 is 0 Å². The molecule has 0 spiro atoms.